The maximum Gasteiger partial charge on any atom is 0.416 e. The molecule has 3 aromatic rings. The number of sulfonamides is 1. The molecule has 38 heavy (non-hydrogen) atoms. The van der Waals surface area contributed by atoms with Gasteiger partial charge in [0, 0.05) is 38.1 Å². The number of halogens is 3. The Kier molecular flexibility index (Phi) is 7.88. The molecule has 1 aliphatic rings. The van der Waals surface area contributed by atoms with Crippen molar-refractivity contribution in [3.8, 4) is 0 Å². The van der Waals surface area contributed by atoms with Crippen LogP contribution in [0, 0.1) is 0 Å². The van der Waals surface area contributed by atoms with Gasteiger partial charge >= 0.3 is 18.2 Å². The fourth-order valence-corrected chi connectivity index (χ4v) is 5.94. The monoisotopic (exact) mass is 550 g/mol. The highest BCUT2D eigenvalue weighted by Crippen LogP contribution is 2.32. The van der Waals surface area contributed by atoms with Crippen molar-refractivity contribution in [3.05, 3.63) is 83.9 Å². The number of alkyl halides is 3. The third-order valence-electron chi connectivity index (χ3n) is 6.30. The lowest BCUT2D eigenvalue weighted by Gasteiger charge is -2.38. The fourth-order valence-electron chi connectivity index (χ4n) is 4.30. The van der Waals surface area contributed by atoms with Crippen LogP contribution in [0.5, 0.6) is 0 Å². The molecule has 1 aliphatic heterocycles. The molecule has 0 aliphatic carbocycles. The number of hydrogen-bond donors (Lipinski definition) is 0. The summed E-state index contributed by atoms with van der Waals surface area (Å²) in [6.45, 7) is 0.370. The van der Waals surface area contributed by atoms with E-state index in [4.69, 9.17) is 4.74 Å². The predicted molar refractivity (Wildman–Crippen MR) is 130 cm³/mol. The molecule has 1 unspecified atom stereocenters. The zero-order valence-electron chi connectivity index (χ0n) is 20.3. The Morgan fingerprint density at radius 3 is 2.37 bits per heavy atom. The number of aromatic nitrogens is 2. The molecule has 1 fully saturated rings. The summed E-state index contributed by atoms with van der Waals surface area (Å²) in [5.74, 6) is -0.549. The molecule has 0 bridgehead atoms. The van der Waals surface area contributed by atoms with Gasteiger partial charge in [-0.05, 0) is 54.8 Å². The lowest BCUT2D eigenvalue weighted by Crippen LogP contribution is -2.52. The van der Waals surface area contributed by atoms with E-state index in [2.05, 4.69) is 4.98 Å². The van der Waals surface area contributed by atoms with Crippen LogP contribution >= 0.6 is 0 Å². The Labute approximate surface area is 217 Å². The van der Waals surface area contributed by atoms with Crippen LogP contribution in [0.3, 0.4) is 0 Å². The minimum atomic E-state index is -4.61. The average molecular weight is 551 g/mol. The van der Waals surface area contributed by atoms with E-state index in [9.17, 15) is 31.2 Å². The first kappa shape index (κ1) is 27.3. The van der Waals surface area contributed by atoms with Gasteiger partial charge < -0.3 is 9.64 Å². The molecule has 9 nitrogen and oxygen atoms in total. The number of ether oxygens (including phenoxy) is 1. The number of piperidine rings is 1. The van der Waals surface area contributed by atoms with Gasteiger partial charge in [-0.1, -0.05) is 12.1 Å². The van der Waals surface area contributed by atoms with Crippen LogP contribution in [0.4, 0.5) is 18.0 Å². The Morgan fingerprint density at radius 1 is 1.11 bits per heavy atom. The molecule has 1 atom stereocenters. The van der Waals surface area contributed by atoms with Crippen LogP contribution in [0.25, 0.3) is 0 Å². The summed E-state index contributed by atoms with van der Waals surface area (Å²) in [5, 5.41) is 0. The normalized spacial score (nSPS) is 16.4. The first-order chi connectivity index (χ1) is 18.0. The van der Waals surface area contributed by atoms with Gasteiger partial charge in [0.15, 0.2) is 0 Å². The Bertz CT molecular complexity index is 1380. The van der Waals surface area contributed by atoms with Crippen molar-refractivity contribution < 1.29 is 35.9 Å². The third-order valence-corrected chi connectivity index (χ3v) is 8.21. The highest BCUT2D eigenvalue weighted by Gasteiger charge is 2.37. The van der Waals surface area contributed by atoms with Gasteiger partial charge in [0.2, 0.25) is 10.0 Å². The molecule has 1 saturated heterocycles. The van der Waals surface area contributed by atoms with Gasteiger partial charge in [0.05, 0.1) is 23.1 Å². The topological polar surface area (TPSA) is 102 Å². The molecule has 4 rings (SSSR count). The molecule has 0 saturated carbocycles. The molecule has 1 amide bonds. The quantitative estimate of drug-likeness (QED) is 0.430. The number of esters is 1. The van der Waals surface area contributed by atoms with E-state index in [0.29, 0.717) is 24.9 Å². The van der Waals surface area contributed by atoms with Crippen molar-refractivity contribution in [2.75, 3.05) is 20.2 Å². The minimum Gasteiger partial charge on any atom is -0.465 e. The van der Waals surface area contributed by atoms with Crippen LogP contribution < -0.4 is 0 Å². The largest absolute Gasteiger partial charge is 0.465 e. The number of amides is 1. The molecule has 13 heteroatoms. The van der Waals surface area contributed by atoms with Gasteiger partial charge in [-0.25, -0.2) is 23.0 Å². The molecular formula is C25H25F3N4O5S. The molecule has 1 aromatic heterocycles. The van der Waals surface area contributed by atoms with Crippen molar-refractivity contribution >= 4 is 22.0 Å². The fraction of sp³-hybridized carbons (Fsp3) is 0.320. The van der Waals surface area contributed by atoms with Gasteiger partial charge in [-0.2, -0.15) is 17.5 Å². The maximum absolute atomic E-state index is 13.8. The van der Waals surface area contributed by atoms with Gasteiger partial charge in [-0.15, -0.1) is 0 Å². The SMILES string of the molecule is COC(=O)c1ccc(CN(C2CCCN(C(=O)n3ccnc3)C2)S(=O)(=O)c2ccc(C(F)(F)F)cc2)cc1. The Hall–Kier alpha value is -3.71. The second-order valence-corrected chi connectivity index (χ2v) is 10.6. The zero-order valence-corrected chi connectivity index (χ0v) is 21.2. The van der Waals surface area contributed by atoms with Crippen LogP contribution in [-0.2, 0) is 27.5 Å². The molecular weight excluding hydrogens is 525 g/mol. The van der Waals surface area contributed by atoms with Crippen LogP contribution in [-0.4, -0.2) is 65.4 Å². The number of carbonyl (C=O) groups excluding carboxylic acids is 2. The number of benzene rings is 2. The summed E-state index contributed by atoms with van der Waals surface area (Å²) < 4.78 is 73.9. The van der Waals surface area contributed by atoms with E-state index in [1.54, 1.807) is 12.1 Å². The number of methoxy groups -OCH3 is 1. The summed E-state index contributed by atoms with van der Waals surface area (Å²) in [6.07, 6.45) is 0.649. The number of carbonyl (C=O) groups is 2. The third kappa shape index (κ3) is 5.89. The summed E-state index contributed by atoms with van der Waals surface area (Å²) >= 11 is 0. The number of nitrogens with zero attached hydrogens (tertiary/aromatic N) is 4. The summed E-state index contributed by atoms with van der Waals surface area (Å²) in [4.78, 5) is 29.8. The maximum atomic E-state index is 13.8. The Balaban J connectivity index is 1.66. The van der Waals surface area contributed by atoms with Crippen molar-refractivity contribution in [2.45, 2.75) is 36.5 Å². The molecule has 0 spiro atoms. The van der Waals surface area contributed by atoms with Gasteiger partial charge in [0.25, 0.3) is 0 Å². The number of imidazole rings is 1. The predicted octanol–water partition coefficient (Wildman–Crippen LogP) is 4.01. The summed E-state index contributed by atoms with van der Waals surface area (Å²) in [6, 6.07) is 8.48. The van der Waals surface area contributed by atoms with Crippen molar-refractivity contribution in [1.29, 1.82) is 0 Å². The van der Waals surface area contributed by atoms with Gasteiger partial charge in [0.1, 0.15) is 6.33 Å². The summed E-state index contributed by atoms with van der Waals surface area (Å²) in [5.41, 5.74) is -0.134. The highest BCUT2D eigenvalue weighted by molar-refractivity contribution is 7.89. The second kappa shape index (κ2) is 11.0. The average Bonchev–Trinajstić information content (AvgIpc) is 3.46. The molecule has 202 valence electrons. The number of hydrogen-bond acceptors (Lipinski definition) is 6. The first-order valence-corrected chi connectivity index (χ1v) is 13.1. The lowest BCUT2D eigenvalue weighted by atomic mass is 10.1. The lowest BCUT2D eigenvalue weighted by molar-refractivity contribution is -0.137. The first-order valence-electron chi connectivity index (χ1n) is 11.6. The van der Waals surface area contributed by atoms with Crippen molar-refractivity contribution in [1.82, 2.24) is 18.8 Å². The van der Waals surface area contributed by atoms with E-state index < -0.39 is 33.8 Å². The van der Waals surface area contributed by atoms with E-state index in [-0.39, 0.29) is 29.6 Å². The highest BCUT2D eigenvalue weighted by atomic mass is 32.2. The standard InChI is InChI=1S/C25H25F3N4O5S/c1-37-23(33)19-6-4-18(5-7-19)15-32(38(35,36)22-10-8-20(9-11-22)25(26,27)28)21-3-2-13-30(16-21)24(34)31-14-12-29-17-31/h4-12,14,17,21H,2-3,13,15-16H2,1H3. The molecule has 2 aromatic carbocycles. The Morgan fingerprint density at radius 2 is 1.79 bits per heavy atom. The van der Waals surface area contributed by atoms with Crippen molar-refractivity contribution in [3.63, 3.8) is 0 Å². The minimum absolute atomic E-state index is 0.0805. The molecule has 2 heterocycles. The van der Waals surface area contributed by atoms with Crippen LogP contribution in [0.15, 0.2) is 72.1 Å². The van der Waals surface area contributed by atoms with E-state index in [0.717, 1.165) is 24.3 Å². The van der Waals surface area contributed by atoms with Crippen LogP contribution in [0.1, 0.15) is 34.3 Å². The van der Waals surface area contributed by atoms with E-state index in [1.807, 2.05) is 0 Å². The summed E-state index contributed by atoms with van der Waals surface area (Å²) in [7, 11) is -3.03. The second-order valence-electron chi connectivity index (χ2n) is 8.76. The number of likely N-dealkylation sites (tertiary alicyclic amines) is 1. The molecule has 0 N–H and O–H groups in total. The van der Waals surface area contributed by atoms with Crippen LogP contribution in [0.2, 0.25) is 0 Å². The van der Waals surface area contributed by atoms with E-state index in [1.165, 1.54) is 51.7 Å². The molecule has 0 radical (unpaired) electrons. The smallest absolute Gasteiger partial charge is 0.416 e. The van der Waals surface area contributed by atoms with Gasteiger partial charge in [-0.3, -0.25) is 4.57 Å². The zero-order chi connectivity index (χ0) is 27.5. The van der Waals surface area contributed by atoms with E-state index >= 15 is 0 Å². The van der Waals surface area contributed by atoms with Crippen molar-refractivity contribution in [2.24, 2.45) is 0 Å². The number of rotatable bonds is 6.